The number of carbonyl (C=O) groups is 1. The van der Waals surface area contributed by atoms with Crippen molar-refractivity contribution in [1.82, 2.24) is 9.88 Å². The Labute approximate surface area is 159 Å². The number of nitrogens with one attached hydrogen (secondary N) is 1. The van der Waals surface area contributed by atoms with E-state index in [4.69, 9.17) is 0 Å². The maximum Gasteiger partial charge on any atom is 0.271 e. The molecule has 0 saturated heterocycles. The molecule has 0 fully saturated rings. The molecule has 146 valence electrons. The number of aryl methyl sites for hydroxylation is 1. The van der Waals surface area contributed by atoms with Crippen LogP contribution in [0, 0.1) is 6.92 Å². The maximum absolute atomic E-state index is 12.3. The summed E-state index contributed by atoms with van der Waals surface area (Å²) in [6, 6.07) is 8.08. The molecule has 1 aromatic heterocycles. The van der Waals surface area contributed by atoms with Crippen LogP contribution in [0.4, 0.5) is 5.69 Å². The zero-order chi connectivity index (χ0) is 20.1. The van der Waals surface area contributed by atoms with Gasteiger partial charge in [-0.05, 0) is 25.0 Å². The fourth-order valence-electron chi connectivity index (χ4n) is 2.71. The molecule has 9 heteroatoms. The molecule has 0 saturated carbocycles. The lowest BCUT2D eigenvalue weighted by Crippen LogP contribution is -2.31. The number of rotatable bonds is 7. The quantitative estimate of drug-likeness (QED) is 0.610. The van der Waals surface area contributed by atoms with Crippen molar-refractivity contribution >= 4 is 22.5 Å². The van der Waals surface area contributed by atoms with E-state index in [9.17, 15) is 23.1 Å². The van der Waals surface area contributed by atoms with Gasteiger partial charge in [0.15, 0.2) is 11.4 Å². The lowest BCUT2D eigenvalue weighted by atomic mass is 10.2. The van der Waals surface area contributed by atoms with Gasteiger partial charge in [-0.15, -0.1) is 0 Å². The molecule has 0 aliphatic carbocycles. The van der Waals surface area contributed by atoms with E-state index in [0.29, 0.717) is 18.7 Å². The first-order chi connectivity index (χ1) is 12.8. The van der Waals surface area contributed by atoms with Crippen LogP contribution >= 0.6 is 0 Å². The molecule has 1 aromatic carbocycles. The molecule has 0 aliphatic heterocycles. The Morgan fingerprint density at radius 2 is 1.96 bits per heavy atom. The van der Waals surface area contributed by atoms with E-state index < -0.39 is 28.0 Å². The average molecular weight is 393 g/mol. The standard InChI is InChI=1S/C18H23N3O5S/c1-4-9-19-18(24)16-17(23)15(22)10-13(20(16)3)11-21(27(25)26)14-8-6-5-7-12(14)2/h5-8,10,23,27H,4,9,11H2,1-3H3,(H,19,24). The summed E-state index contributed by atoms with van der Waals surface area (Å²) in [7, 11) is -1.49. The molecule has 0 atom stereocenters. The minimum absolute atomic E-state index is 0.149. The molecule has 0 aliphatic rings. The van der Waals surface area contributed by atoms with Crippen molar-refractivity contribution < 1.29 is 18.3 Å². The van der Waals surface area contributed by atoms with Gasteiger partial charge in [-0.2, -0.15) is 0 Å². The number of anilines is 1. The van der Waals surface area contributed by atoms with Crippen LogP contribution in [-0.2, 0) is 24.5 Å². The Bertz CT molecular complexity index is 973. The topological polar surface area (TPSA) is 109 Å². The van der Waals surface area contributed by atoms with Crippen molar-refractivity contribution in [2.24, 2.45) is 7.05 Å². The van der Waals surface area contributed by atoms with Crippen LogP contribution < -0.4 is 15.1 Å². The van der Waals surface area contributed by atoms with Gasteiger partial charge in [0.25, 0.3) is 5.91 Å². The summed E-state index contributed by atoms with van der Waals surface area (Å²) in [4.78, 5) is 24.5. The summed E-state index contributed by atoms with van der Waals surface area (Å²) in [6.45, 7) is 3.89. The minimum atomic E-state index is -2.99. The number of aromatic nitrogens is 1. The van der Waals surface area contributed by atoms with Gasteiger partial charge >= 0.3 is 0 Å². The number of benzene rings is 1. The van der Waals surface area contributed by atoms with Crippen molar-refractivity contribution in [3.05, 3.63) is 57.5 Å². The molecule has 0 spiro atoms. The lowest BCUT2D eigenvalue weighted by Gasteiger charge is -2.22. The number of pyridine rings is 1. The van der Waals surface area contributed by atoms with Crippen LogP contribution in [0.2, 0.25) is 0 Å². The average Bonchev–Trinajstić information content (AvgIpc) is 2.62. The highest BCUT2D eigenvalue weighted by molar-refractivity contribution is 7.74. The molecule has 27 heavy (non-hydrogen) atoms. The summed E-state index contributed by atoms with van der Waals surface area (Å²) in [5.41, 5.74) is 0.571. The van der Waals surface area contributed by atoms with Crippen molar-refractivity contribution in [2.75, 3.05) is 10.8 Å². The summed E-state index contributed by atoms with van der Waals surface area (Å²) in [5.74, 6) is -1.26. The third kappa shape index (κ3) is 4.48. The van der Waals surface area contributed by atoms with E-state index in [-0.39, 0.29) is 17.9 Å². The Kier molecular flexibility index (Phi) is 6.62. The first-order valence-electron chi connectivity index (χ1n) is 8.45. The first kappa shape index (κ1) is 20.5. The normalized spacial score (nSPS) is 10.8. The van der Waals surface area contributed by atoms with Crippen molar-refractivity contribution in [3.8, 4) is 5.75 Å². The summed E-state index contributed by atoms with van der Waals surface area (Å²) in [6.07, 6.45) is 0.692. The first-order valence-corrected chi connectivity index (χ1v) is 9.58. The zero-order valence-electron chi connectivity index (χ0n) is 15.4. The Balaban J connectivity index is 2.52. The van der Waals surface area contributed by atoms with E-state index >= 15 is 0 Å². The van der Waals surface area contributed by atoms with Gasteiger partial charge in [-0.25, -0.2) is 8.42 Å². The van der Waals surface area contributed by atoms with Gasteiger partial charge in [-0.1, -0.05) is 25.1 Å². The third-order valence-corrected chi connectivity index (χ3v) is 4.93. The fourth-order valence-corrected chi connectivity index (χ4v) is 3.37. The largest absolute Gasteiger partial charge is 0.503 e. The highest BCUT2D eigenvalue weighted by Crippen LogP contribution is 2.22. The summed E-state index contributed by atoms with van der Waals surface area (Å²) in [5, 5.41) is 12.7. The van der Waals surface area contributed by atoms with E-state index in [2.05, 4.69) is 5.32 Å². The van der Waals surface area contributed by atoms with Gasteiger partial charge in [0, 0.05) is 25.4 Å². The number of hydrogen-bond acceptors (Lipinski definition) is 5. The van der Waals surface area contributed by atoms with E-state index in [1.54, 1.807) is 31.2 Å². The van der Waals surface area contributed by atoms with Crippen molar-refractivity contribution in [2.45, 2.75) is 26.8 Å². The molecular formula is C18H23N3O5S. The molecule has 8 nitrogen and oxygen atoms in total. The van der Waals surface area contributed by atoms with Crippen LogP contribution in [0.3, 0.4) is 0 Å². The number of para-hydroxylation sites is 1. The van der Waals surface area contributed by atoms with Crippen LogP contribution in [0.5, 0.6) is 5.75 Å². The Morgan fingerprint density at radius 3 is 2.56 bits per heavy atom. The van der Waals surface area contributed by atoms with Crippen LogP contribution in [0.25, 0.3) is 0 Å². The SMILES string of the molecule is CCCNC(=O)c1c(O)c(=O)cc(CN(c2ccccc2C)[SH](=O)=O)n1C. The predicted octanol–water partition coefficient (Wildman–Crippen LogP) is 1.07. The third-order valence-electron chi connectivity index (χ3n) is 4.17. The van der Waals surface area contributed by atoms with Gasteiger partial charge in [0.2, 0.25) is 16.3 Å². The smallest absolute Gasteiger partial charge is 0.271 e. The summed E-state index contributed by atoms with van der Waals surface area (Å²) < 4.78 is 26.1. The highest BCUT2D eigenvalue weighted by atomic mass is 32.2. The molecule has 1 amide bonds. The van der Waals surface area contributed by atoms with Gasteiger partial charge < -0.3 is 15.0 Å². The lowest BCUT2D eigenvalue weighted by molar-refractivity contribution is 0.0940. The molecule has 2 aromatic rings. The van der Waals surface area contributed by atoms with E-state index in [0.717, 1.165) is 15.9 Å². The van der Waals surface area contributed by atoms with Gasteiger partial charge in [-0.3, -0.25) is 13.9 Å². The summed E-state index contributed by atoms with van der Waals surface area (Å²) >= 11 is 0. The Hall–Kier alpha value is -2.81. The predicted molar refractivity (Wildman–Crippen MR) is 104 cm³/mol. The molecule has 0 radical (unpaired) electrons. The number of amides is 1. The highest BCUT2D eigenvalue weighted by Gasteiger charge is 2.21. The second-order valence-corrected chi connectivity index (χ2v) is 7.05. The van der Waals surface area contributed by atoms with E-state index in [1.807, 2.05) is 6.92 Å². The maximum atomic E-state index is 12.3. The second kappa shape index (κ2) is 8.72. The molecule has 1 heterocycles. The van der Waals surface area contributed by atoms with Crippen molar-refractivity contribution in [3.63, 3.8) is 0 Å². The monoisotopic (exact) mass is 393 g/mol. The molecule has 2 rings (SSSR count). The van der Waals surface area contributed by atoms with Gasteiger partial charge in [0.05, 0.1) is 12.2 Å². The molecule has 0 bridgehead atoms. The Morgan fingerprint density at radius 1 is 1.30 bits per heavy atom. The minimum Gasteiger partial charge on any atom is -0.503 e. The van der Waals surface area contributed by atoms with Crippen molar-refractivity contribution in [1.29, 1.82) is 0 Å². The zero-order valence-corrected chi connectivity index (χ0v) is 16.3. The molecule has 2 N–H and O–H groups in total. The molecular weight excluding hydrogens is 370 g/mol. The number of thiol groups is 1. The number of nitrogens with zero attached hydrogens (tertiary/aromatic N) is 2. The van der Waals surface area contributed by atoms with E-state index in [1.165, 1.54) is 11.6 Å². The number of aromatic hydroxyl groups is 1. The second-order valence-electron chi connectivity index (χ2n) is 6.09. The number of hydrogen-bond donors (Lipinski definition) is 3. The fraction of sp³-hybridized carbons (Fsp3) is 0.333. The van der Waals surface area contributed by atoms with Crippen LogP contribution in [0.15, 0.2) is 35.1 Å². The van der Waals surface area contributed by atoms with Crippen LogP contribution in [0.1, 0.15) is 35.1 Å². The molecule has 0 unspecified atom stereocenters. The number of carbonyl (C=O) groups excluding carboxylic acids is 1. The van der Waals surface area contributed by atoms with Crippen LogP contribution in [-0.4, -0.2) is 30.5 Å². The van der Waals surface area contributed by atoms with Gasteiger partial charge in [0.1, 0.15) is 0 Å².